The molecule has 1 amide bonds. The van der Waals surface area contributed by atoms with Gasteiger partial charge in [0.1, 0.15) is 6.29 Å². The first-order valence-corrected chi connectivity index (χ1v) is 6.57. The number of carbonyl (C=O) groups excluding carboxylic acids is 2. The Morgan fingerprint density at radius 2 is 1.88 bits per heavy atom. The minimum absolute atomic E-state index is 0.0261. The van der Waals surface area contributed by atoms with E-state index in [0.29, 0.717) is 6.29 Å². The lowest BCUT2D eigenvalue weighted by molar-refractivity contribution is -0.134. The van der Waals surface area contributed by atoms with Crippen LogP contribution in [0.1, 0.15) is 33.1 Å². The van der Waals surface area contributed by atoms with E-state index in [2.05, 4.69) is 18.7 Å². The highest BCUT2D eigenvalue weighted by Gasteiger charge is 2.19. The molecule has 0 saturated carbocycles. The number of nitrogens with zero attached hydrogens (tertiary/aromatic N) is 2. The van der Waals surface area contributed by atoms with Gasteiger partial charge in [-0.25, -0.2) is 0 Å². The van der Waals surface area contributed by atoms with Crippen LogP contribution in [0.15, 0.2) is 0 Å². The Labute approximate surface area is 104 Å². The number of hydrogen-bond donors (Lipinski definition) is 0. The Morgan fingerprint density at radius 3 is 2.41 bits per heavy atom. The Balaban J connectivity index is 2.17. The number of rotatable bonds is 6. The van der Waals surface area contributed by atoms with E-state index in [1.807, 2.05) is 0 Å². The van der Waals surface area contributed by atoms with Crippen LogP contribution < -0.4 is 0 Å². The molecule has 1 heterocycles. The van der Waals surface area contributed by atoms with Crippen molar-refractivity contribution in [3.8, 4) is 0 Å². The van der Waals surface area contributed by atoms with Crippen molar-refractivity contribution in [2.24, 2.45) is 5.92 Å². The second kappa shape index (κ2) is 7.43. The van der Waals surface area contributed by atoms with Gasteiger partial charge < -0.3 is 9.69 Å². The van der Waals surface area contributed by atoms with Crippen molar-refractivity contribution in [3.05, 3.63) is 0 Å². The Hall–Kier alpha value is -0.900. The number of piperazine rings is 1. The predicted octanol–water partition coefficient (Wildman–Crippen LogP) is 1.16. The summed E-state index contributed by atoms with van der Waals surface area (Å²) in [6, 6.07) is 0. The summed E-state index contributed by atoms with van der Waals surface area (Å²) in [7, 11) is 0. The Morgan fingerprint density at radius 1 is 1.24 bits per heavy atom. The molecular formula is C13H24N2O2. The van der Waals surface area contributed by atoms with E-state index < -0.39 is 0 Å². The molecule has 0 aromatic carbocycles. The van der Waals surface area contributed by atoms with E-state index in [0.717, 1.165) is 38.6 Å². The van der Waals surface area contributed by atoms with Gasteiger partial charge in [0.15, 0.2) is 0 Å². The molecule has 1 saturated heterocycles. The summed E-state index contributed by atoms with van der Waals surface area (Å²) in [4.78, 5) is 26.0. The quantitative estimate of drug-likeness (QED) is 0.516. The number of hydrogen-bond acceptors (Lipinski definition) is 3. The number of aldehydes is 1. The van der Waals surface area contributed by atoms with Crippen LogP contribution in [0.4, 0.5) is 0 Å². The molecule has 0 N–H and O–H groups in total. The van der Waals surface area contributed by atoms with E-state index in [-0.39, 0.29) is 12.3 Å². The Bertz CT molecular complexity index is 246. The fourth-order valence-electron chi connectivity index (χ4n) is 2.14. The highest BCUT2D eigenvalue weighted by Crippen LogP contribution is 2.08. The van der Waals surface area contributed by atoms with Gasteiger partial charge in [-0.3, -0.25) is 9.69 Å². The first-order valence-electron chi connectivity index (χ1n) is 6.57. The molecule has 0 aliphatic carbocycles. The van der Waals surface area contributed by atoms with Crippen molar-refractivity contribution in [1.82, 2.24) is 9.80 Å². The lowest BCUT2D eigenvalue weighted by Gasteiger charge is -2.34. The lowest BCUT2D eigenvalue weighted by atomic mass is 10.1. The standard InChI is InChI=1S/C13H24N2O2/c1-12(2)4-3-6-14-7-9-15(10-8-14)13(17)5-11-16/h11-12H,3-10H2,1-2H3. The highest BCUT2D eigenvalue weighted by molar-refractivity contribution is 5.88. The van der Waals surface area contributed by atoms with E-state index >= 15 is 0 Å². The minimum Gasteiger partial charge on any atom is -0.340 e. The molecule has 98 valence electrons. The van der Waals surface area contributed by atoms with Crippen LogP contribution in [-0.4, -0.2) is 54.7 Å². The molecular weight excluding hydrogens is 216 g/mol. The fourth-order valence-corrected chi connectivity index (χ4v) is 2.14. The van der Waals surface area contributed by atoms with Crippen LogP contribution in [0, 0.1) is 5.92 Å². The molecule has 1 aliphatic rings. The smallest absolute Gasteiger partial charge is 0.229 e. The summed E-state index contributed by atoms with van der Waals surface area (Å²) in [5, 5.41) is 0. The maximum atomic E-state index is 11.5. The molecule has 1 fully saturated rings. The SMILES string of the molecule is CC(C)CCCN1CCN(C(=O)CC=O)CC1. The molecule has 0 bridgehead atoms. The third kappa shape index (κ3) is 5.31. The molecule has 0 unspecified atom stereocenters. The Kier molecular flexibility index (Phi) is 6.19. The molecule has 0 aromatic rings. The zero-order chi connectivity index (χ0) is 12.7. The molecule has 1 rings (SSSR count). The van der Waals surface area contributed by atoms with Gasteiger partial charge >= 0.3 is 0 Å². The third-order valence-corrected chi connectivity index (χ3v) is 3.24. The van der Waals surface area contributed by atoms with E-state index in [1.165, 1.54) is 12.8 Å². The minimum atomic E-state index is -0.0261. The summed E-state index contributed by atoms with van der Waals surface area (Å²) < 4.78 is 0. The summed E-state index contributed by atoms with van der Waals surface area (Å²) in [5.41, 5.74) is 0. The zero-order valence-electron chi connectivity index (χ0n) is 11.0. The normalized spacial score (nSPS) is 17.5. The van der Waals surface area contributed by atoms with Crippen molar-refractivity contribution in [3.63, 3.8) is 0 Å². The fraction of sp³-hybridized carbons (Fsp3) is 0.846. The van der Waals surface area contributed by atoms with E-state index in [9.17, 15) is 9.59 Å². The molecule has 0 aromatic heterocycles. The van der Waals surface area contributed by atoms with Crippen molar-refractivity contribution in [1.29, 1.82) is 0 Å². The van der Waals surface area contributed by atoms with E-state index in [1.54, 1.807) is 4.90 Å². The summed E-state index contributed by atoms with van der Waals surface area (Å²) >= 11 is 0. The lowest BCUT2D eigenvalue weighted by Crippen LogP contribution is -2.48. The maximum absolute atomic E-state index is 11.5. The number of carbonyl (C=O) groups is 2. The first-order chi connectivity index (χ1) is 8.13. The molecule has 0 radical (unpaired) electrons. The topological polar surface area (TPSA) is 40.6 Å². The monoisotopic (exact) mass is 240 g/mol. The average Bonchev–Trinajstić information content (AvgIpc) is 2.30. The summed E-state index contributed by atoms with van der Waals surface area (Å²) in [6.07, 6.45) is 3.23. The largest absolute Gasteiger partial charge is 0.340 e. The van der Waals surface area contributed by atoms with Crippen LogP contribution in [0.25, 0.3) is 0 Å². The molecule has 1 aliphatic heterocycles. The number of amides is 1. The second-order valence-corrected chi connectivity index (χ2v) is 5.13. The van der Waals surface area contributed by atoms with Crippen molar-refractivity contribution >= 4 is 12.2 Å². The first kappa shape index (κ1) is 14.2. The van der Waals surface area contributed by atoms with Crippen molar-refractivity contribution < 1.29 is 9.59 Å². The van der Waals surface area contributed by atoms with Crippen LogP contribution in [0.3, 0.4) is 0 Å². The van der Waals surface area contributed by atoms with Crippen LogP contribution in [-0.2, 0) is 9.59 Å². The van der Waals surface area contributed by atoms with Gasteiger partial charge in [0.25, 0.3) is 0 Å². The van der Waals surface area contributed by atoms with Gasteiger partial charge in [-0.15, -0.1) is 0 Å². The van der Waals surface area contributed by atoms with Crippen LogP contribution in [0.5, 0.6) is 0 Å². The maximum Gasteiger partial charge on any atom is 0.229 e. The van der Waals surface area contributed by atoms with Crippen molar-refractivity contribution in [2.45, 2.75) is 33.1 Å². The summed E-state index contributed by atoms with van der Waals surface area (Å²) in [6.45, 7) is 9.06. The molecule has 4 nitrogen and oxygen atoms in total. The molecule has 17 heavy (non-hydrogen) atoms. The van der Waals surface area contributed by atoms with Crippen LogP contribution in [0.2, 0.25) is 0 Å². The molecule has 0 atom stereocenters. The third-order valence-electron chi connectivity index (χ3n) is 3.24. The van der Waals surface area contributed by atoms with Gasteiger partial charge in [0, 0.05) is 26.2 Å². The van der Waals surface area contributed by atoms with Gasteiger partial charge in [-0.05, 0) is 25.3 Å². The van der Waals surface area contributed by atoms with Gasteiger partial charge in [0.05, 0.1) is 6.42 Å². The van der Waals surface area contributed by atoms with Gasteiger partial charge in [-0.2, -0.15) is 0 Å². The van der Waals surface area contributed by atoms with Crippen molar-refractivity contribution in [2.75, 3.05) is 32.7 Å². The molecule has 0 spiro atoms. The zero-order valence-corrected chi connectivity index (χ0v) is 11.0. The summed E-state index contributed by atoms with van der Waals surface area (Å²) in [5.74, 6) is 0.743. The van der Waals surface area contributed by atoms with E-state index in [4.69, 9.17) is 0 Å². The average molecular weight is 240 g/mol. The highest BCUT2D eigenvalue weighted by atomic mass is 16.2. The molecule has 4 heteroatoms. The van der Waals surface area contributed by atoms with Gasteiger partial charge in [0.2, 0.25) is 5.91 Å². The van der Waals surface area contributed by atoms with Gasteiger partial charge in [-0.1, -0.05) is 13.8 Å². The predicted molar refractivity (Wildman–Crippen MR) is 67.8 cm³/mol. The second-order valence-electron chi connectivity index (χ2n) is 5.13. The van der Waals surface area contributed by atoms with Crippen LogP contribution >= 0.6 is 0 Å².